The van der Waals surface area contributed by atoms with Crippen molar-refractivity contribution in [1.29, 1.82) is 0 Å². The Labute approximate surface area is 144 Å². The Bertz CT molecular complexity index is 691. The summed E-state index contributed by atoms with van der Waals surface area (Å²) in [5.41, 5.74) is 3.29. The Morgan fingerprint density at radius 1 is 1.12 bits per heavy atom. The molecule has 0 amide bonds. The van der Waals surface area contributed by atoms with Crippen LogP contribution in [0.25, 0.3) is 0 Å². The number of ether oxygens (including phenoxy) is 1. The van der Waals surface area contributed by atoms with Gasteiger partial charge in [-0.15, -0.1) is 0 Å². The molecule has 3 rings (SSSR count). The highest BCUT2D eigenvalue weighted by atomic mass is 16.5. The number of para-hydroxylation sites is 1. The number of carbonyl (C=O) groups is 1. The SMILES string of the molecule is CC(C)COc1ccc(C(=O)CN2CCCc3ccccc32)cc1. The van der Waals surface area contributed by atoms with Gasteiger partial charge in [0.25, 0.3) is 0 Å². The molecule has 0 saturated heterocycles. The van der Waals surface area contributed by atoms with Crippen LogP contribution in [-0.2, 0) is 6.42 Å². The number of hydrogen-bond acceptors (Lipinski definition) is 3. The number of carbonyl (C=O) groups excluding carboxylic acids is 1. The van der Waals surface area contributed by atoms with Crippen LogP contribution in [0.5, 0.6) is 5.75 Å². The highest BCUT2D eigenvalue weighted by Crippen LogP contribution is 2.26. The summed E-state index contributed by atoms with van der Waals surface area (Å²) in [5, 5.41) is 0. The third-order valence-electron chi connectivity index (χ3n) is 4.30. The minimum atomic E-state index is 0.155. The summed E-state index contributed by atoms with van der Waals surface area (Å²) < 4.78 is 5.68. The average Bonchev–Trinajstić information content (AvgIpc) is 2.60. The number of nitrogens with zero attached hydrogens (tertiary/aromatic N) is 1. The van der Waals surface area contributed by atoms with Crippen molar-refractivity contribution in [1.82, 2.24) is 0 Å². The van der Waals surface area contributed by atoms with Crippen molar-refractivity contribution in [2.24, 2.45) is 5.92 Å². The highest BCUT2D eigenvalue weighted by Gasteiger charge is 2.19. The fourth-order valence-corrected chi connectivity index (χ4v) is 3.04. The second kappa shape index (κ2) is 7.52. The molecule has 1 aliphatic rings. The zero-order chi connectivity index (χ0) is 16.9. The molecule has 2 aromatic carbocycles. The van der Waals surface area contributed by atoms with Gasteiger partial charge in [-0.1, -0.05) is 32.0 Å². The number of hydrogen-bond donors (Lipinski definition) is 0. The van der Waals surface area contributed by atoms with Crippen molar-refractivity contribution in [3.63, 3.8) is 0 Å². The molecular formula is C21H25NO2. The fourth-order valence-electron chi connectivity index (χ4n) is 3.04. The molecule has 1 aliphatic heterocycles. The van der Waals surface area contributed by atoms with Crippen LogP contribution in [-0.4, -0.2) is 25.5 Å². The molecular weight excluding hydrogens is 298 g/mol. The molecule has 3 nitrogen and oxygen atoms in total. The normalized spacial score (nSPS) is 13.7. The van der Waals surface area contributed by atoms with Gasteiger partial charge < -0.3 is 9.64 Å². The zero-order valence-corrected chi connectivity index (χ0v) is 14.5. The summed E-state index contributed by atoms with van der Waals surface area (Å²) in [5.74, 6) is 1.47. The molecule has 0 spiro atoms. The summed E-state index contributed by atoms with van der Waals surface area (Å²) >= 11 is 0. The van der Waals surface area contributed by atoms with Crippen LogP contribution in [0.3, 0.4) is 0 Å². The Morgan fingerprint density at radius 3 is 2.62 bits per heavy atom. The van der Waals surface area contributed by atoms with E-state index in [4.69, 9.17) is 4.74 Å². The van der Waals surface area contributed by atoms with E-state index in [1.807, 2.05) is 30.3 Å². The molecule has 0 radical (unpaired) electrons. The van der Waals surface area contributed by atoms with Gasteiger partial charge in [0.2, 0.25) is 0 Å². The molecule has 0 fully saturated rings. The molecule has 0 unspecified atom stereocenters. The van der Waals surface area contributed by atoms with Gasteiger partial charge in [-0.25, -0.2) is 0 Å². The van der Waals surface area contributed by atoms with E-state index >= 15 is 0 Å². The lowest BCUT2D eigenvalue weighted by molar-refractivity contribution is 0.0998. The number of rotatable bonds is 6. The van der Waals surface area contributed by atoms with Gasteiger partial charge in [-0.2, -0.15) is 0 Å². The molecule has 126 valence electrons. The van der Waals surface area contributed by atoms with Crippen LogP contribution >= 0.6 is 0 Å². The van der Waals surface area contributed by atoms with Crippen molar-refractivity contribution in [3.8, 4) is 5.75 Å². The third kappa shape index (κ3) is 3.97. The number of aryl methyl sites for hydroxylation is 1. The van der Waals surface area contributed by atoms with Gasteiger partial charge in [0.05, 0.1) is 13.2 Å². The van der Waals surface area contributed by atoms with Crippen LogP contribution in [0.2, 0.25) is 0 Å². The number of ketones is 1. The average molecular weight is 323 g/mol. The number of anilines is 1. The van der Waals surface area contributed by atoms with Gasteiger partial charge in [0, 0.05) is 17.8 Å². The first kappa shape index (κ1) is 16.6. The second-order valence-corrected chi connectivity index (χ2v) is 6.81. The smallest absolute Gasteiger partial charge is 0.182 e. The molecule has 0 atom stereocenters. The number of fused-ring (bicyclic) bond motifs is 1. The Balaban J connectivity index is 1.65. The number of benzene rings is 2. The lowest BCUT2D eigenvalue weighted by atomic mass is 10.0. The molecule has 2 aromatic rings. The van der Waals surface area contributed by atoms with E-state index in [0.29, 0.717) is 19.1 Å². The Morgan fingerprint density at radius 2 is 1.88 bits per heavy atom. The van der Waals surface area contributed by atoms with E-state index in [0.717, 1.165) is 30.7 Å². The molecule has 1 heterocycles. The van der Waals surface area contributed by atoms with Gasteiger partial charge in [0.1, 0.15) is 5.75 Å². The topological polar surface area (TPSA) is 29.5 Å². The first-order valence-corrected chi connectivity index (χ1v) is 8.72. The lowest BCUT2D eigenvalue weighted by Gasteiger charge is -2.30. The van der Waals surface area contributed by atoms with Gasteiger partial charge in [-0.3, -0.25) is 4.79 Å². The minimum Gasteiger partial charge on any atom is -0.493 e. The van der Waals surface area contributed by atoms with E-state index in [9.17, 15) is 4.79 Å². The van der Waals surface area contributed by atoms with Gasteiger partial charge in [0.15, 0.2) is 5.78 Å². The van der Waals surface area contributed by atoms with Crippen molar-refractivity contribution in [2.75, 3.05) is 24.6 Å². The van der Waals surface area contributed by atoms with Crippen LogP contribution in [0, 0.1) is 5.92 Å². The van der Waals surface area contributed by atoms with E-state index < -0.39 is 0 Å². The van der Waals surface area contributed by atoms with E-state index in [-0.39, 0.29) is 5.78 Å². The third-order valence-corrected chi connectivity index (χ3v) is 4.30. The highest BCUT2D eigenvalue weighted by molar-refractivity contribution is 5.99. The lowest BCUT2D eigenvalue weighted by Crippen LogP contribution is -2.34. The van der Waals surface area contributed by atoms with Crippen molar-refractivity contribution in [2.45, 2.75) is 26.7 Å². The van der Waals surface area contributed by atoms with Crippen molar-refractivity contribution < 1.29 is 9.53 Å². The van der Waals surface area contributed by atoms with Crippen LogP contribution in [0.15, 0.2) is 48.5 Å². The van der Waals surface area contributed by atoms with E-state index in [1.165, 1.54) is 11.3 Å². The maximum atomic E-state index is 12.6. The van der Waals surface area contributed by atoms with Crippen LogP contribution in [0.4, 0.5) is 5.69 Å². The second-order valence-electron chi connectivity index (χ2n) is 6.81. The molecule has 24 heavy (non-hydrogen) atoms. The van der Waals surface area contributed by atoms with E-state index in [1.54, 1.807) is 0 Å². The summed E-state index contributed by atoms with van der Waals surface area (Å²) in [7, 11) is 0. The molecule has 3 heteroatoms. The molecule has 0 saturated carbocycles. The first-order chi connectivity index (χ1) is 11.6. The Kier molecular flexibility index (Phi) is 5.19. The molecule has 0 bridgehead atoms. The Hall–Kier alpha value is -2.29. The standard InChI is InChI=1S/C21H25NO2/c1-16(2)15-24-19-11-9-18(10-12-19)21(23)14-22-13-5-7-17-6-3-4-8-20(17)22/h3-4,6,8-12,16H,5,7,13-15H2,1-2H3. The van der Waals surface area contributed by atoms with E-state index in [2.05, 4.69) is 36.9 Å². The molecule has 0 aromatic heterocycles. The van der Waals surface area contributed by atoms with Crippen molar-refractivity contribution in [3.05, 3.63) is 59.7 Å². The van der Waals surface area contributed by atoms with Gasteiger partial charge in [-0.05, 0) is 54.7 Å². The minimum absolute atomic E-state index is 0.155. The van der Waals surface area contributed by atoms with Crippen LogP contribution < -0.4 is 9.64 Å². The van der Waals surface area contributed by atoms with Crippen LogP contribution in [0.1, 0.15) is 36.2 Å². The predicted octanol–water partition coefficient (Wildman–Crippen LogP) is 4.36. The summed E-state index contributed by atoms with van der Waals surface area (Å²) in [4.78, 5) is 14.8. The largest absolute Gasteiger partial charge is 0.493 e. The first-order valence-electron chi connectivity index (χ1n) is 8.72. The summed E-state index contributed by atoms with van der Waals surface area (Å²) in [6.45, 7) is 6.31. The summed E-state index contributed by atoms with van der Waals surface area (Å²) in [6, 6.07) is 15.9. The fraction of sp³-hybridized carbons (Fsp3) is 0.381. The quantitative estimate of drug-likeness (QED) is 0.740. The molecule has 0 N–H and O–H groups in total. The maximum Gasteiger partial charge on any atom is 0.182 e. The predicted molar refractivity (Wildman–Crippen MR) is 98.1 cm³/mol. The number of Topliss-reactive ketones (excluding diaryl/α,β-unsaturated/α-hetero) is 1. The van der Waals surface area contributed by atoms with Gasteiger partial charge >= 0.3 is 0 Å². The maximum absolute atomic E-state index is 12.6. The van der Waals surface area contributed by atoms with Crippen molar-refractivity contribution >= 4 is 11.5 Å². The molecule has 0 aliphatic carbocycles. The summed E-state index contributed by atoms with van der Waals surface area (Å²) in [6.07, 6.45) is 2.20. The monoisotopic (exact) mass is 323 g/mol. The zero-order valence-electron chi connectivity index (χ0n) is 14.5.